The summed E-state index contributed by atoms with van der Waals surface area (Å²) in [6.45, 7) is 2.33. The van der Waals surface area contributed by atoms with Crippen LogP contribution in [0.3, 0.4) is 0 Å². The number of carbonyl (C=O) groups is 2. The lowest BCUT2D eigenvalue weighted by atomic mass is 9.81. The molecule has 5 aliphatic rings. The summed E-state index contributed by atoms with van der Waals surface area (Å²) in [6.07, 6.45) is 8.60. The number of amides is 2. The molecule has 0 radical (unpaired) electrons. The van der Waals surface area contributed by atoms with Gasteiger partial charge in [-0.25, -0.2) is 13.1 Å². The highest BCUT2D eigenvalue weighted by Gasteiger charge is 2.65. The van der Waals surface area contributed by atoms with Crippen molar-refractivity contribution in [1.82, 2.24) is 19.1 Å². The molecule has 3 aromatic carbocycles. The summed E-state index contributed by atoms with van der Waals surface area (Å²) < 4.78 is 36.7. The van der Waals surface area contributed by atoms with Crippen molar-refractivity contribution < 1.29 is 22.7 Å². The Labute approximate surface area is 293 Å². The van der Waals surface area contributed by atoms with E-state index in [0.29, 0.717) is 12.5 Å². The number of nitrogens with one attached hydrogen (secondary N) is 1. The smallest absolute Gasteiger partial charge is 0.265 e. The quantitative estimate of drug-likeness (QED) is 0.256. The molecular weight excluding hydrogens is 649 g/mol. The minimum Gasteiger partial charge on any atom is -0.497 e. The number of ether oxygens (including phenoxy) is 1. The molecule has 260 valence electrons. The number of benzene rings is 3. The Balaban J connectivity index is 1.21. The molecular formula is C40H44N4O5S. The van der Waals surface area contributed by atoms with Crippen molar-refractivity contribution in [1.29, 1.82) is 0 Å². The van der Waals surface area contributed by atoms with E-state index in [1.165, 1.54) is 42.5 Å². The van der Waals surface area contributed by atoms with Gasteiger partial charge >= 0.3 is 0 Å². The maximum absolute atomic E-state index is 15.1. The van der Waals surface area contributed by atoms with E-state index in [9.17, 15) is 13.2 Å². The maximum atomic E-state index is 15.1. The third-order valence-corrected chi connectivity index (χ3v) is 13.7. The minimum absolute atomic E-state index is 0.0377. The average molecular weight is 693 g/mol. The van der Waals surface area contributed by atoms with Gasteiger partial charge in [0.25, 0.3) is 15.9 Å². The number of likely N-dealkylation sites (N-methyl/N-ethyl adjacent to an activating group) is 1. The number of methoxy groups -OCH3 is 1. The van der Waals surface area contributed by atoms with Gasteiger partial charge in [0, 0.05) is 59.7 Å². The van der Waals surface area contributed by atoms with Crippen LogP contribution in [0.15, 0.2) is 71.6 Å². The van der Waals surface area contributed by atoms with Crippen molar-refractivity contribution in [3.8, 4) is 17.0 Å². The van der Waals surface area contributed by atoms with Crippen LogP contribution in [0.25, 0.3) is 22.2 Å². The molecule has 4 heterocycles. The van der Waals surface area contributed by atoms with Gasteiger partial charge in [0.1, 0.15) is 5.75 Å². The Morgan fingerprint density at radius 2 is 1.64 bits per heavy atom. The fourth-order valence-electron chi connectivity index (χ4n) is 9.96. The average Bonchev–Trinajstić information content (AvgIpc) is 3.71. The zero-order valence-corrected chi connectivity index (χ0v) is 29.5. The Morgan fingerprint density at radius 1 is 0.900 bits per heavy atom. The number of piperazine rings is 1. The van der Waals surface area contributed by atoms with Crippen LogP contribution >= 0.6 is 0 Å². The zero-order chi connectivity index (χ0) is 34.4. The van der Waals surface area contributed by atoms with Crippen LogP contribution in [0.5, 0.6) is 5.75 Å². The Hall–Kier alpha value is -4.15. The van der Waals surface area contributed by atoms with Gasteiger partial charge in [-0.1, -0.05) is 43.5 Å². The first-order chi connectivity index (χ1) is 24.2. The molecule has 10 heteroatoms. The van der Waals surface area contributed by atoms with Gasteiger partial charge in [-0.3, -0.25) is 9.59 Å². The third kappa shape index (κ3) is 4.93. The lowest BCUT2D eigenvalue weighted by molar-refractivity contribution is -0.143. The van der Waals surface area contributed by atoms with Crippen molar-refractivity contribution in [3.05, 3.63) is 83.4 Å². The van der Waals surface area contributed by atoms with Crippen molar-refractivity contribution in [2.75, 3.05) is 27.2 Å². The van der Waals surface area contributed by atoms with Gasteiger partial charge in [0.15, 0.2) is 0 Å². The number of rotatable bonds is 6. The van der Waals surface area contributed by atoms with Gasteiger partial charge in [0.05, 0.1) is 23.1 Å². The highest BCUT2D eigenvalue weighted by Crippen LogP contribution is 2.66. The second kappa shape index (κ2) is 11.7. The number of hydrogen-bond donors (Lipinski definition) is 1. The van der Waals surface area contributed by atoms with E-state index < -0.39 is 21.3 Å². The fourth-order valence-corrected chi connectivity index (χ4v) is 11.0. The van der Waals surface area contributed by atoms with Gasteiger partial charge < -0.3 is 19.1 Å². The van der Waals surface area contributed by atoms with Crippen LogP contribution in [0, 0.1) is 5.41 Å². The van der Waals surface area contributed by atoms with E-state index >= 15 is 4.79 Å². The van der Waals surface area contributed by atoms with E-state index in [4.69, 9.17) is 4.74 Å². The van der Waals surface area contributed by atoms with Crippen LogP contribution in [-0.4, -0.2) is 73.9 Å². The topological polar surface area (TPSA) is 101 Å². The first-order valence-electron chi connectivity index (χ1n) is 18.2. The number of likely N-dealkylation sites (tertiary alicyclic amines) is 1. The Bertz CT molecular complexity index is 2130. The van der Waals surface area contributed by atoms with Crippen molar-refractivity contribution in [3.63, 3.8) is 0 Å². The fraction of sp³-hybridized carbons (Fsp3) is 0.450. The molecule has 4 fully saturated rings. The third-order valence-electron chi connectivity index (χ3n) is 12.4. The Morgan fingerprint density at radius 3 is 2.36 bits per heavy atom. The Kier molecular flexibility index (Phi) is 7.44. The molecule has 0 spiro atoms. The highest BCUT2D eigenvalue weighted by molar-refractivity contribution is 7.90. The number of hydrogen-bond acceptors (Lipinski definition) is 6. The molecule has 3 aliphatic heterocycles. The molecule has 2 saturated heterocycles. The molecule has 50 heavy (non-hydrogen) atoms. The summed E-state index contributed by atoms with van der Waals surface area (Å²) in [4.78, 5) is 33.4. The number of aromatic nitrogens is 1. The molecule has 4 atom stereocenters. The maximum Gasteiger partial charge on any atom is 0.265 e. The van der Waals surface area contributed by atoms with Crippen molar-refractivity contribution in [2.45, 2.75) is 86.7 Å². The molecule has 9 rings (SSSR count). The van der Waals surface area contributed by atoms with Crippen molar-refractivity contribution in [2.24, 2.45) is 5.41 Å². The van der Waals surface area contributed by atoms with Gasteiger partial charge in [-0.05, 0) is 98.7 Å². The van der Waals surface area contributed by atoms with Gasteiger partial charge in [-0.2, -0.15) is 0 Å². The predicted molar refractivity (Wildman–Crippen MR) is 192 cm³/mol. The van der Waals surface area contributed by atoms with E-state index in [2.05, 4.69) is 38.3 Å². The first-order valence-corrected chi connectivity index (χ1v) is 19.6. The summed E-state index contributed by atoms with van der Waals surface area (Å²) in [6, 6.07) is 20.4. The molecule has 2 amide bonds. The van der Waals surface area contributed by atoms with Crippen molar-refractivity contribution >= 4 is 32.7 Å². The number of sulfonamides is 1. The summed E-state index contributed by atoms with van der Waals surface area (Å²) in [5, 5.41) is 1.08. The standard InChI is InChI=1S/C40H44N4O5S/c1-42-22-27-14-15-28(23-42)44(27)39(46)40-21-34(40)33-20-29(49-2)16-18-31(33)37-36(25-9-5-3-6-10-25)32-17-13-26(19-35(32)43(37)24-40)38(45)41-50(47,48)30-11-7-4-8-12-30/h4,7-8,11-13,16-20,25,27-28,34H,3,5-6,9-10,14-15,21-24H2,1-2H3,(H,41,45). The van der Waals surface area contributed by atoms with E-state index in [1.54, 1.807) is 31.4 Å². The molecule has 9 nitrogen and oxygen atoms in total. The van der Waals surface area contributed by atoms with Gasteiger partial charge in [-0.15, -0.1) is 0 Å². The normalized spacial score (nSPS) is 26.1. The lowest BCUT2D eigenvalue weighted by Crippen LogP contribution is -2.57. The monoisotopic (exact) mass is 692 g/mol. The van der Waals surface area contributed by atoms with E-state index in [0.717, 1.165) is 73.1 Å². The SMILES string of the molecule is COc1ccc2c(c1)C1CC1(C(=O)N1C3CCC1CN(C)C3)Cn1c-2c(C2CCCCC2)c2ccc(C(=O)NS(=O)(=O)c3ccccc3)cc21. The molecule has 2 bridgehead atoms. The minimum atomic E-state index is -4.06. The summed E-state index contributed by atoms with van der Waals surface area (Å²) >= 11 is 0. The highest BCUT2D eigenvalue weighted by atomic mass is 32.2. The van der Waals surface area contributed by atoms with E-state index in [-0.39, 0.29) is 34.4 Å². The molecule has 2 aliphatic carbocycles. The molecule has 4 aromatic rings. The largest absolute Gasteiger partial charge is 0.497 e. The number of fused-ring (bicyclic) bond motifs is 9. The predicted octanol–water partition coefficient (Wildman–Crippen LogP) is 6.28. The van der Waals surface area contributed by atoms with Crippen LogP contribution in [0.4, 0.5) is 0 Å². The first kappa shape index (κ1) is 31.8. The molecule has 1 aromatic heterocycles. The summed E-state index contributed by atoms with van der Waals surface area (Å²) in [7, 11) is -0.207. The lowest BCUT2D eigenvalue weighted by Gasteiger charge is -2.41. The zero-order valence-electron chi connectivity index (χ0n) is 28.7. The number of nitrogens with zero attached hydrogens (tertiary/aromatic N) is 3. The van der Waals surface area contributed by atoms with Crippen LogP contribution < -0.4 is 9.46 Å². The number of carbonyl (C=O) groups excluding carboxylic acids is 2. The van der Waals surface area contributed by atoms with Crippen LogP contribution in [-0.2, 0) is 21.4 Å². The van der Waals surface area contributed by atoms with Gasteiger partial charge in [0.2, 0.25) is 5.91 Å². The van der Waals surface area contributed by atoms with Crippen LogP contribution in [0.2, 0.25) is 0 Å². The molecule has 1 N–H and O–H groups in total. The molecule has 4 unspecified atom stereocenters. The molecule has 2 saturated carbocycles. The summed E-state index contributed by atoms with van der Waals surface area (Å²) in [5.74, 6) is 0.794. The summed E-state index contributed by atoms with van der Waals surface area (Å²) in [5.41, 5.74) is 5.29. The van der Waals surface area contributed by atoms with Crippen LogP contribution in [0.1, 0.15) is 84.7 Å². The van der Waals surface area contributed by atoms with E-state index in [1.807, 2.05) is 18.2 Å². The second-order valence-corrected chi connectivity index (χ2v) is 17.0. The second-order valence-electron chi connectivity index (χ2n) is 15.3.